The van der Waals surface area contributed by atoms with Crippen LogP contribution >= 0.6 is 0 Å². The van der Waals surface area contributed by atoms with Crippen molar-refractivity contribution in [2.45, 2.75) is 40.2 Å². The van der Waals surface area contributed by atoms with Gasteiger partial charge in [-0.3, -0.25) is 4.68 Å². The van der Waals surface area contributed by atoms with Crippen LogP contribution < -0.4 is 4.90 Å². The first-order valence-corrected chi connectivity index (χ1v) is 8.37. The number of rotatable bonds is 4. The second-order valence-corrected chi connectivity index (χ2v) is 6.24. The van der Waals surface area contributed by atoms with Gasteiger partial charge in [0.15, 0.2) is 0 Å². The van der Waals surface area contributed by atoms with E-state index in [1.165, 1.54) is 0 Å². The SMILES string of the molecule is CCn1nc(C)c(-c2ccnc(N3CCC[C@@H](CO)C3)n2)c1C. The second-order valence-electron chi connectivity index (χ2n) is 6.24. The highest BCUT2D eigenvalue weighted by atomic mass is 16.3. The molecular weight excluding hydrogens is 290 g/mol. The summed E-state index contributed by atoms with van der Waals surface area (Å²) in [7, 11) is 0. The van der Waals surface area contributed by atoms with Gasteiger partial charge in [-0.15, -0.1) is 0 Å². The summed E-state index contributed by atoms with van der Waals surface area (Å²) >= 11 is 0. The van der Waals surface area contributed by atoms with Crippen LogP contribution in [0.25, 0.3) is 11.3 Å². The molecule has 1 aliphatic rings. The van der Waals surface area contributed by atoms with E-state index < -0.39 is 0 Å². The highest BCUT2D eigenvalue weighted by Gasteiger charge is 2.22. The molecule has 0 unspecified atom stereocenters. The van der Waals surface area contributed by atoms with Crippen molar-refractivity contribution in [2.75, 3.05) is 24.6 Å². The second kappa shape index (κ2) is 6.66. The zero-order valence-electron chi connectivity index (χ0n) is 14.2. The molecule has 0 aliphatic carbocycles. The van der Waals surface area contributed by atoms with Gasteiger partial charge in [-0.05, 0) is 45.6 Å². The van der Waals surface area contributed by atoms with Gasteiger partial charge in [0.05, 0.1) is 11.4 Å². The number of aliphatic hydroxyl groups excluding tert-OH is 1. The van der Waals surface area contributed by atoms with E-state index in [0.29, 0.717) is 5.92 Å². The molecule has 2 aromatic rings. The maximum atomic E-state index is 9.41. The summed E-state index contributed by atoms with van der Waals surface area (Å²) in [4.78, 5) is 11.4. The molecule has 0 spiro atoms. The van der Waals surface area contributed by atoms with Crippen LogP contribution in [0, 0.1) is 19.8 Å². The lowest BCUT2D eigenvalue weighted by atomic mass is 9.99. The molecule has 6 heteroatoms. The first-order chi connectivity index (χ1) is 11.1. The monoisotopic (exact) mass is 315 g/mol. The third-order valence-corrected chi connectivity index (χ3v) is 4.64. The molecule has 124 valence electrons. The predicted octanol–water partition coefficient (Wildman–Crippen LogP) is 2.19. The van der Waals surface area contributed by atoms with E-state index in [0.717, 1.165) is 61.1 Å². The Hall–Kier alpha value is -1.95. The third kappa shape index (κ3) is 3.08. The summed E-state index contributed by atoms with van der Waals surface area (Å²) in [5.41, 5.74) is 4.17. The van der Waals surface area contributed by atoms with Crippen molar-refractivity contribution in [1.29, 1.82) is 0 Å². The summed E-state index contributed by atoms with van der Waals surface area (Å²) in [6.45, 7) is 9.07. The molecule has 0 aromatic carbocycles. The molecule has 1 N–H and O–H groups in total. The Bertz CT molecular complexity index is 682. The summed E-state index contributed by atoms with van der Waals surface area (Å²) < 4.78 is 2.01. The van der Waals surface area contributed by atoms with Crippen LogP contribution in [0.3, 0.4) is 0 Å². The van der Waals surface area contributed by atoms with Gasteiger partial charge in [0.1, 0.15) is 0 Å². The molecule has 3 heterocycles. The van der Waals surface area contributed by atoms with Gasteiger partial charge < -0.3 is 10.0 Å². The number of piperidine rings is 1. The third-order valence-electron chi connectivity index (χ3n) is 4.64. The number of anilines is 1. The highest BCUT2D eigenvalue weighted by Crippen LogP contribution is 2.27. The van der Waals surface area contributed by atoms with Crippen LogP contribution in [-0.4, -0.2) is 44.6 Å². The fraction of sp³-hybridized carbons (Fsp3) is 0.588. The lowest BCUT2D eigenvalue weighted by Gasteiger charge is -2.31. The van der Waals surface area contributed by atoms with Crippen LogP contribution in [0.2, 0.25) is 0 Å². The summed E-state index contributed by atoms with van der Waals surface area (Å²) in [6, 6.07) is 1.95. The van der Waals surface area contributed by atoms with Crippen LogP contribution in [-0.2, 0) is 6.54 Å². The smallest absolute Gasteiger partial charge is 0.225 e. The Labute approximate surface area is 137 Å². The van der Waals surface area contributed by atoms with Crippen molar-refractivity contribution >= 4 is 5.95 Å². The lowest BCUT2D eigenvalue weighted by Crippen LogP contribution is -2.37. The number of aryl methyl sites for hydroxylation is 2. The Balaban J connectivity index is 1.93. The van der Waals surface area contributed by atoms with Crippen molar-refractivity contribution in [3.05, 3.63) is 23.7 Å². The van der Waals surface area contributed by atoms with Crippen molar-refractivity contribution in [3.63, 3.8) is 0 Å². The molecule has 1 saturated heterocycles. The van der Waals surface area contributed by atoms with E-state index in [-0.39, 0.29) is 6.61 Å². The minimum Gasteiger partial charge on any atom is -0.396 e. The number of aromatic nitrogens is 4. The predicted molar refractivity (Wildman–Crippen MR) is 90.4 cm³/mol. The average Bonchev–Trinajstić information content (AvgIpc) is 2.88. The Morgan fingerprint density at radius 1 is 1.35 bits per heavy atom. The molecular formula is C17H25N5O. The standard InChI is InChI=1S/C17H25N5O/c1-4-22-13(3)16(12(2)20-22)15-7-8-18-17(19-15)21-9-5-6-14(10-21)11-23/h7-8,14,23H,4-6,9-11H2,1-3H3/t14-/m1/s1. The number of hydrogen-bond donors (Lipinski definition) is 1. The van der Waals surface area contributed by atoms with Gasteiger partial charge >= 0.3 is 0 Å². The van der Waals surface area contributed by atoms with Crippen LogP contribution in [0.15, 0.2) is 12.3 Å². The van der Waals surface area contributed by atoms with E-state index in [2.05, 4.69) is 28.8 Å². The van der Waals surface area contributed by atoms with Crippen LogP contribution in [0.5, 0.6) is 0 Å². The fourth-order valence-electron chi connectivity index (χ4n) is 3.41. The zero-order chi connectivity index (χ0) is 16.4. The van der Waals surface area contributed by atoms with Gasteiger partial charge in [0, 0.05) is 43.7 Å². The Kier molecular flexibility index (Phi) is 4.61. The summed E-state index contributed by atoms with van der Waals surface area (Å²) in [6.07, 6.45) is 3.97. The quantitative estimate of drug-likeness (QED) is 0.937. The van der Waals surface area contributed by atoms with E-state index in [1.807, 2.05) is 23.9 Å². The minimum atomic E-state index is 0.234. The van der Waals surface area contributed by atoms with Crippen molar-refractivity contribution in [2.24, 2.45) is 5.92 Å². The number of aliphatic hydroxyl groups is 1. The normalized spacial score (nSPS) is 18.4. The Morgan fingerprint density at radius 2 is 2.17 bits per heavy atom. The Morgan fingerprint density at radius 3 is 2.87 bits per heavy atom. The van der Waals surface area contributed by atoms with E-state index >= 15 is 0 Å². The average molecular weight is 315 g/mol. The maximum absolute atomic E-state index is 9.41. The maximum Gasteiger partial charge on any atom is 0.225 e. The zero-order valence-corrected chi connectivity index (χ0v) is 14.2. The van der Waals surface area contributed by atoms with E-state index in [1.54, 1.807) is 0 Å². The molecule has 1 fully saturated rings. The van der Waals surface area contributed by atoms with E-state index in [9.17, 15) is 5.11 Å². The molecule has 3 rings (SSSR count). The van der Waals surface area contributed by atoms with Crippen LogP contribution in [0.4, 0.5) is 5.95 Å². The van der Waals surface area contributed by atoms with Gasteiger partial charge in [0.2, 0.25) is 5.95 Å². The van der Waals surface area contributed by atoms with Crippen LogP contribution in [0.1, 0.15) is 31.2 Å². The molecule has 0 amide bonds. The largest absolute Gasteiger partial charge is 0.396 e. The lowest BCUT2D eigenvalue weighted by molar-refractivity contribution is 0.208. The fourth-order valence-corrected chi connectivity index (χ4v) is 3.41. The van der Waals surface area contributed by atoms with Crippen molar-refractivity contribution in [1.82, 2.24) is 19.7 Å². The first kappa shape index (κ1) is 15.9. The minimum absolute atomic E-state index is 0.234. The summed E-state index contributed by atoms with van der Waals surface area (Å²) in [5, 5.41) is 14.0. The highest BCUT2D eigenvalue weighted by molar-refractivity contribution is 5.65. The summed E-state index contributed by atoms with van der Waals surface area (Å²) in [5.74, 6) is 1.08. The first-order valence-electron chi connectivity index (χ1n) is 8.37. The molecule has 0 radical (unpaired) electrons. The molecule has 1 aliphatic heterocycles. The van der Waals surface area contributed by atoms with Gasteiger partial charge in [-0.2, -0.15) is 5.10 Å². The van der Waals surface area contributed by atoms with Gasteiger partial charge in [-0.25, -0.2) is 9.97 Å². The van der Waals surface area contributed by atoms with Gasteiger partial charge in [0.25, 0.3) is 0 Å². The molecule has 2 aromatic heterocycles. The number of nitrogens with zero attached hydrogens (tertiary/aromatic N) is 5. The molecule has 23 heavy (non-hydrogen) atoms. The molecule has 1 atom stereocenters. The topological polar surface area (TPSA) is 67.1 Å². The van der Waals surface area contributed by atoms with Crippen molar-refractivity contribution < 1.29 is 5.11 Å². The molecule has 0 bridgehead atoms. The molecule has 6 nitrogen and oxygen atoms in total. The van der Waals surface area contributed by atoms with Crippen molar-refractivity contribution in [3.8, 4) is 11.3 Å². The van der Waals surface area contributed by atoms with E-state index in [4.69, 9.17) is 4.98 Å². The molecule has 0 saturated carbocycles. The number of hydrogen-bond acceptors (Lipinski definition) is 5. The van der Waals surface area contributed by atoms with Gasteiger partial charge in [-0.1, -0.05) is 0 Å².